The zero-order valence-corrected chi connectivity index (χ0v) is 10.9. The van der Waals surface area contributed by atoms with Crippen molar-refractivity contribution in [2.24, 2.45) is 0 Å². The number of nitrogens with one attached hydrogen (secondary N) is 1. The molecule has 0 aliphatic heterocycles. The Kier molecular flexibility index (Phi) is 3.88. The average Bonchev–Trinajstić information content (AvgIpc) is 2.39. The van der Waals surface area contributed by atoms with Crippen molar-refractivity contribution in [3.05, 3.63) is 35.4 Å². The monoisotopic (exact) mass is 264 g/mol. The van der Waals surface area contributed by atoms with Crippen LogP contribution in [0.3, 0.4) is 0 Å². The normalized spacial score (nSPS) is 10.2. The van der Waals surface area contributed by atoms with Crippen LogP contribution in [-0.4, -0.2) is 34.0 Å². The largest absolute Gasteiger partial charge is 0.357 e. The first-order chi connectivity index (χ1) is 8.69. The smallest absolute Gasteiger partial charge is 0.231 e. The fraction of sp³-hybridized carbons (Fsp3) is 0.273. The lowest BCUT2D eigenvalue weighted by Gasteiger charge is -2.16. The Labute approximate surface area is 110 Å². The molecule has 0 radical (unpaired) electrons. The first-order valence-electron chi connectivity index (χ1n) is 5.39. The molecule has 0 fully saturated rings. The van der Waals surface area contributed by atoms with E-state index in [9.17, 15) is 0 Å². The molecule has 0 bridgehead atoms. The highest BCUT2D eigenvalue weighted by molar-refractivity contribution is 6.28. The summed E-state index contributed by atoms with van der Waals surface area (Å²) >= 11 is 5.83. The van der Waals surface area contributed by atoms with Gasteiger partial charge >= 0.3 is 0 Å². The molecule has 0 aliphatic carbocycles. The van der Waals surface area contributed by atoms with Gasteiger partial charge in [0.15, 0.2) is 0 Å². The zero-order chi connectivity index (χ0) is 13.0. The third-order valence-electron chi connectivity index (χ3n) is 2.29. The van der Waals surface area contributed by atoms with E-state index in [1.54, 1.807) is 13.2 Å². The molecule has 0 unspecified atom stereocenters. The number of anilines is 2. The summed E-state index contributed by atoms with van der Waals surface area (Å²) in [6, 6.07) is 5.76. The van der Waals surface area contributed by atoms with E-state index in [0.717, 1.165) is 5.69 Å². The Morgan fingerprint density at radius 2 is 2.11 bits per heavy atom. The van der Waals surface area contributed by atoms with Gasteiger partial charge < -0.3 is 10.2 Å². The van der Waals surface area contributed by atoms with E-state index in [1.165, 1.54) is 0 Å². The maximum absolute atomic E-state index is 5.83. The summed E-state index contributed by atoms with van der Waals surface area (Å²) in [5, 5.41) is 3.00. The Hall–Kier alpha value is -1.95. The molecular weight excluding hydrogens is 252 g/mol. The molecule has 2 rings (SSSR count). The van der Waals surface area contributed by atoms with E-state index in [-0.39, 0.29) is 5.28 Å². The van der Waals surface area contributed by atoms with E-state index >= 15 is 0 Å². The predicted octanol–water partition coefficient (Wildman–Crippen LogP) is 1.60. The summed E-state index contributed by atoms with van der Waals surface area (Å²) in [6.07, 6.45) is 1.75. The molecule has 0 aliphatic rings. The van der Waals surface area contributed by atoms with Crippen molar-refractivity contribution in [3.63, 3.8) is 0 Å². The molecule has 0 atom stereocenters. The Bertz CT molecular complexity index is 518. The minimum absolute atomic E-state index is 0.164. The molecule has 2 aromatic heterocycles. The van der Waals surface area contributed by atoms with Crippen LogP contribution in [0.15, 0.2) is 24.4 Å². The molecule has 1 N–H and O–H groups in total. The Morgan fingerprint density at radius 1 is 1.28 bits per heavy atom. The van der Waals surface area contributed by atoms with Gasteiger partial charge in [0.25, 0.3) is 0 Å². The van der Waals surface area contributed by atoms with Gasteiger partial charge in [-0.2, -0.15) is 15.0 Å². The summed E-state index contributed by atoms with van der Waals surface area (Å²) in [5.74, 6) is 0.947. The number of aromatic nitrogens is 4. The van der Waals surface area contributed by atoms with Gasteiger partial charge in [0, 0.05) is 20.3 Å². The molecule has 2 aromatic rings. The van der Waals surface area contributed by atoms with E-state index in [2.05, 4.69) is 25.3 Å². The predicted molar refractivity (Wildman–Crippen MR) is 70.7 cm³/mol. The van der Waals surface area contributed by atoms with Crippen molar-refractivity contribution in [1.29, 1.82) is 0 Å². The van der Waals surface area contributed by atoms with Crippen LogP contribution in [0.1, 0.15) is 5.69 Å². The van der Waals surface area contributed by atoms with Crippen LogP contribution in [0.25, 0.3) is 0 Å². The number of rotatable bonds is 4. The topological polar surface area (TPSA) is 66.8 Å². The first-order valence-corrected chi connectivity index (χ1v) is 5.77. The summed E-state index contributed by atoms with van der Waals surface area (Å²) in [6.45, 7) is 0.602. The minimum atomic E-state index is 0.164. The second-order valence-corrected chi connectivity index (χ2v) is 3.99. The number of pyridine rings is 1. The molecule has 7 heteroatoms. The van der Waals surface area contributed by atoms with Crippen molar-refractivity contribution in [2.45, 2.75) is 6.54 Å². The van der Waals surface area contributed by atoms with Crippen molar-refractivity contribution in [1.82, 2.24) is 19.9 Å². The zero-order valence-electron chi connectivity index (χ0n) is 10.1. The lowest BCUT2D eigenvalue weighted by atomic mass is 10.3. The van der Waals surface area contributed by atoms with E-state index in [0.29, 0.717) is 18.4 Å². The van der Waals surface area contributed by atoms with Gasteiger partial charge in [0.1, 0.15) is 0 Å². The van der Waals surface area contributed by atoms with Crippen LogP contribution in [-0.2, 0) is 6.54 Å². The lowest BCUT2D eigenvalue weighted by molar-refractivity contribution is 0.832. The van der Waals surface area contributed by atoms with Crippen molar-refractivity contribution in [2.75, 3.05) is 24.3 Å². The van der Waals surface area contributed by atoms with Gasteiger partial charge in [-0.1, -0.05) is 6.07 Å². The van der Waals surface area contributed by atoms with Gasteiger partial charge in [0.2, 0.25) is 17.2 Å². The van der Waals surface area contributed by atoms with Gasteiger partial charge in [-0.3, -0.25) is 4.98 Å². The summed E-state index contributed by atoms with van der Waals surface area (Å²) in [5.41, 5.74) is 0.933. The summed E-state index contributed by atoms with van der Waals surface area (Å²) in [7, 11) is 3.61. The van der Waals surface area contributed by atoms with Crippen molar-refractivity contribution >= 4 is 23.5 Å². The fourth-order valence-corrected chi connectivity index (χ4v) is 1.58. The van der Waals surface area contributed by atoms with Crippen LogP contribution in [0, 0.1) is 0 Å². The highest BCUT2D eigenvalue weighted by Gasteiger charge is 2.09. The first kappa shape index (κ1) is 12.5. The van der Waals surface area contributed by atoms with Crippen molar-refractivity contribution < 1.29 is 0 Å². The Balaban J connectivity index is 2.18. The molecular formula is C11H13ClN6. The van der Waals surface area contributed by atoms with Crippen LogP contribution >= 0.6 is 11.6 Å². The maximum Gasteiger partial charge on any atom is 0.231 e. The Morgan fingerprint density at radius 3 is 2.78 bits per heavy atom. The molecule has 2 heterocycles. The molecule has 94 valence electrons. The van der Waals surface area contributed by atoms with Crippen LogP contribution in [0.5, 0.6) is 0 Å². The standard InChI is InChI=1S/C11H13ClN6/c1-13-10-15-9(12)16-11(17-10)18(2)7-8-5-3-4-6-14-8/h3-6H,7H2,1-2H3,(H,13,15,16,17). The van der Waals surface area contributed by atoms with Gasteiger partial charge in [0.05, 0.1) is 12.2 Å². The van der Waals surface area contributed by atoms with Gasteiger partial charge in [-0.15, -0.1) is 0 Å². The average molecular weight is 265 g/mol. The lowest BCUT2D eigenvalue weighted by Crippen LogP contribution is -2.20. The van der Waals surface area contributed by atoms with Gasteiger partial charge in [-0.05, 0) is 23.7 Å². The van der Waals surface area contributed by atoms with Crippen molar-refractivity contribution in [3.8, 4) is 0 Å². The minimum Gasteiger partial charge on any atom is -0.357 e. The number of hydrogen-bond donors (Lipinski definition) is 1. The fourth-order valence-electron chi connectivity index (χ4n) is 1.43. The van der Waals surface area contributed by atoms with Crippen LogP contribution in [0.4, 0.5) is 11.9 Å². The maximum atomic E-state index is 5.83. The van der Waals surface area contributed by atoms with Crippen LogP contribution < -0.4 is 10.2 Å². The highest BCUT2D eigenvalue weighted by Crippen LogP contribution is 2.13. The molecule has 18 heavy (non-hydrogen) atoms. The molecule has 0 saturated heterocycles. The van der Waals surface area contributed by atoms with E-state index in [1.807, 2.05) is 30.1 Å². The molecule has 0 saturated carbocycles. The number of nitrogens with zero attached hydrogens (tertiary/aromatic N) is 5. The third kappa shape index (κ3) is 3.04. The quantitative estimate of drug-likeness (QED) is 0.905. The molecule has 0 spiro atoms. The third-order valence-corrected chi connectivity index (χ3v) is 2.46. The van der Waals surface area contributed by atoms with E-state index < -0.39 is 0 Å². The SMILES string of the molecule is CNc1nc(Cl)nc(N(C)Cc2ccccn2)n1. The van der Waals surface area contributed by atoms with E-state index in [4.69, 9.17) is 11.6 Å². The second-order valence-electron chi connectivity index (χ2n) is 3.66. The summed E-state index contributed by atoms with van der Waals surface area (Å²) in [4.78, 5) is 18.3. The van der Waals surface area contributed by atoms with Crippen LogP contribution in [0.2, 0.25) is 5.28 Å². The number of hydrogen-bond acceptors (Lipinski definition) is 6. The summed E-state index contributed by atoms with van der Waals surface area (Å²) < 4.78 is 0. The van der Waals surface area contributed by atoms with Gasteiger partial charge in [-0.25, -0.2) is 0 Å². The molecule has 0 amide bonds. The molecule has 6 nitrogen and oxygen atoms in total. The second kappa shape index (κ2) is 5.59. The highest BCUT2D eigenvalue weighted by atomic mass is 35.5. The molecule has 0 aromatic carbocycles. The number of halogens is 1.